The second-order valence-corrected chi connectivity index (χ2v) is 14.1. The summed E-state index contributed by atoms with van der Waals surface area (Å²) in [5.74, 6) is 0. The van der Waals surface area contributed by atoms with E-state index < -0.39 is 0 Å². The number of rotatable bonds is 9. The molecule has 2 unspecified atom stereocenters. The minimum Gasteiger partial charge on any atom is -0.359 e. The van der Waals surface area contributed by atoms with Gasteiger partial charge in [-0.05, 0) is 114 Å². The first-order valence-corrected chi connectivity index (χ1v) is 15.7. The van der Waals surface area contributed by atoms with Crippen LogP contribution >= 0.6 is 0 Å². The van der Waals surface area contributed by atoms with E-state index >= 15 is 0 Å². The quantitative estimate of drug-likeness (QED) is 0.204. The lowest BCUT2D eigenvalue weighted by molar-refractivity contribution is -0.0307. The summed E-state index contributed by atoms with van der Waals surface area (Å²) in [6.07, 6.45) is 36.0. The SMILES string of the molecule is CC1=C(/C=C/C(C)=C/C=C/C(C)=C/C=C/C=C(C)\C=C/C=C(\C)C2C=C3C(C)(C)CCCC3(C)O2)C(C)(C)CCC1. The largest absolute Gasteiger partial charge is 0.359 e. The zero-order chi connectivity index (χ0) is 30.3. The number of hydrogen-bond acceptors (Lipinski definition) is 1. The summed E-state index contributed by atoms with van der Waals surface area (Å²) in [5.41, 5.74) is 9.97. The topological polar surface area (TPSA) is 9.23 Å². The van der Waals surface area contributed by atoms with Gasteiger partial charge in [0.25, 0.3) is 0 Å². The summed E-state index contributed by atoms with van der Waals surface area (Å²) in [7, 11) is 0. The van der Waals surface area contributed by atoms with Crippen LogP contribution in [0.25, 0.3) is 0 Å². The first kappa shape index (κ1) is 32.9. The normalized spacial score (nSPS) is 28.0. The molecule has 0 saturated heterocycles. The van der Waals surface area contributed by atoms with E-state index in [4.69, 9.17) is 4.74 Å². The van der Waals surface area contributed by atoms with E-state index in [2.05, 4.69) is 148 Å². The van der Waals surface area contributed by atoms with Gasteiger partial charge in [-0.2, -0.15) is 0 Å². The summed E-state index contributed by atoms with van der Waals surface area (Å²) in [4.78, 5) is 0. The van der Waals surface area contributed by atoms with Crippen molar-refractivity contribution in [1.29, 1.82) is 0 Å². The molecule has 0 radical (unpaired) electrons. The van der Waals surface area contributed by atoms with E-state index in [1.807, 2.05) is 0 Å². The molecule has 1 heterocycles. The first-order valence-electron chi connectivity index (χ1n) is 15.7. The third kappa shape index (κ3) is 9.17. The summed E-state index contributed by atoms with van der Waals surface area (Å²) >= 11 is 0. The van der Waals surface area contributed by atoms with E-state index in [1.54, 1.807) is 5.57 Å². The molecule has 0 aromatic heterocycles. The minimum atomic E-state index is -0.0952. The number of ether oxygens (including phenoxy) is 1. The Kier molecular flexibility index (Phi) is 11.2. The van der Waals surface area contributed by atoms with Gasteiger partial charge in [0.1, 0.15) is 0 Å². The van der Waals surface area contributed by atoms with Crippen LogP contribution in [0.4, 0.5) is 0 Å². The minimum absolute atomic E-state index is 0.0858. The van der Waals surface area contributed by atoms with Gasteiger partial charge in [0.2, 0.25) is 0 Å². The molecule has 2 aliphatic carbocycles. The first-order chi connectivity index (χ1) is 19.2. The van der Waals surface area contributed by atoms with Crippen LogP contribution in [0.3, 0.4) is 0 Å². The van der Waals surface area contributed by atoms with Gasteiger partial charge in [-0.1, -0.05) is 123 Å². The van der Waals surface area contributed by atoms with Crippen LogP contribution in [-0.4, -0.2) is 11.7 Å². The number of hydrogen-bond donors (Lipinski definition) is 0. The molecule has 41 heavy (non-hydrogen) atoms. The molecule has 0 spiro atoms. The molecule has 0 aromatic rings. The van der Waals surface area contributed by atoms with Crippen LogP contribution in [0.1, 0.15) is 108 Å². The summed E-state index contributed by atoms with van der Waals surface area (Å²) in [6.45, 7) is 22.7. The van der Waals surface area contributed by atoms with Gasteiger partial charge in [-0.15, -0.1) is 0 Å². The monoisotopic (exact) mass is 552 g/mol. The van der Waals surface area contributed by atoms with Crippen LogP contribution in [-0.2, 0) is 4.74 Å². The highest BCUT2D eigenvalue weighted by molar-refractivity contribution is 5.38. The van der Waals surface area contributed by atoms with E-state index in [9.17, 15) is 0 Å². The average Bonchev–Trinajstić information content (AvgIpc) is 3.25. The maximum atomic E-state index is 6.56. The van der Waals surface area contributed by atoms with Gasteiger partial charge in [0.05, 0.1) is 11.7 Å². The van der Waals surface area contributed by atoms with Crippen molar-refractivity contribution >= 4 is 0 Å². The van der Waals surface area contributed by atoms with Gasteiger partial charge in [0, 0.05) is 0 Å². The van der Waals surface area contributed by atoms with E-state index in [-0.39, 0.29) is 22.5 Å². The van der Waals surface area contributed by atoms with Crippen molar-refractivity contribution in [1.82, 2.24) is 0 Å². The molecule has 0 N–H and O–H groups in total. The fourth-order valence-electron chi connectivity index (χ4n) is 6.67. The maximum Gasteiger partial charge on any atom is 0.0982 e. The zero-order valence-corrected chi connectivity index (χ0v) is 27.7. The Balaban J connectivity index is 1.51. The Morgan fingerprint density at radius 2 is 1.27 bits per heavy atom. The molecule has 3 aliphatic rings. The predicted octanol–water partition coefficient (Wildman–Crippen LogP) is 11.8. The van der Waals surface area contributed by atoms with Gasteiger partial charge < -0.3 is 4.74 Å². The van der Waals surface area contributed by atoms with Gasteiger partial charge in [-0.3, -0.25) is 0 Å². The smallest absolute Gasteiger partial charge is 0.0982 e. The molecular formula is C40H56O. The number of fused-ring (bicyclic) bond motifs is 1. The Labute approximate surface area is 252 Å². The zero-order valence-electron chi connectivity index (χ0n) is 27.7. The second-order valence-electron chi connectivity index (χ2n) is 14.1. The third-order valence-electron chi connectivity index (χ3n) is 9.23. The van der Waals surface area contributed by atoms with Crippen molar-refractivity contribution in [2.45, 2.75) is 119 Å². The molecule has 1 fully saturated rings. The second kappa shape index (κ2) is 14.0. The summed E-state index contributed by atoms with van der Waals surface area (Å²) in [6, 6.07) is 0. The molecule has 3 rings (SSSR count). The summed E-state index contributed by atoms with van der Waals surface area (Å²) in [5, 5.41) is 0. The highest BCUT2D eigenvalue weighted by atomic mass is 16.5. The molecular weight excluding hydrogens is 496 g/mol. The predicted molar refractivity (Wildman–Crippen MR) is 181 cm³/mol. The molecule has 1 nitrogen and oxygen atoms in total. The highest BCUT2D eigenvalue weighted by Gasteiger charge is 2.47. The molecule has 0 amide bonds. The van der Waals surface area contributed by atoms with Crippen molar-refractivity contribution < 1.29 is 4.74 Å². The highest BCUT2D eigenvalue weighted by Crippen LogP contribution is 2.51. The fraction of sp³-hybridized carbons (Fsp3) is 0.500. The molecule has 2 atom stereocenters. The van der Waals surface area contributed by atoms with Crippen LogP contribution in [0.15, 0.2) is 118 Å². The van der Waals surface area contributed by atoms with E-state index in [0.717, 1.165) is 6.42 Å². The number of allylic oxidation sites excluding steroid dienone is 17. The lowest BCUT2D eigenvalue weighted by Gasteiger charge is -2.42. The summed E-state index contributed by atoms with van der Waals surface area (Å²) < 4.78 is 6.56. The van der Waals surface area contributed by atoms with Crippen LogP contribution < -0.4 is 0 Å². The van der Waals surface area contributed by atoms with Crippen molar-refractivity contribution in [3.8, 4) is 0 Å². The lowest BCUT2D eigenvalue weighted by atomic mass is 9.67. The third-order valence-corrected chi connectivity index (χ3v) is 9.23. The van der Waals surface area contributed by atoms with Crippen LogP contribution in [0.2, 0.25) is 0 Å². The van der Waals surface area contributed by atoms with E-state index in [0.29, 0.717) is 0 Å². The maximum absolute atomic E-state index is 6.56. The van der Waals surface area contributed by atoms with Crippen LogP contribution in [0.5, 0.6) is 0 Å². The van der Waals surface area contributed by atoms with Crippen molar-refractivity contribution in [2.75, 3.05) is 0 Å². The lowest BCUT2D eigenvalue weighted by Crippen LogP contribution is -2.39. The molecule has 1 saturated carbocycles. The van der Waals surface area contributed by atoms with Crippen molar-refractivity contribution in [3.05, 3.63) is 118 Å². The van der Waals surface area contributed by atoms with Crippen LogP contribution in [0, 0.1) is 10.8 Å². The van der Waals surface area contributed by atoms with E-state index in [1.165, 1.54) is 65.5 Å². The molecule has 0 bridgehead atoms. The Morgan fingerprint density at radius 3 is 1.88 bits per heavy atom. The Hall–Kier alpha value is -2.64. The molecule has 1 heteroatoms. The Morgan fingerprint density at radius 1 is 0.707 bits per heavy atom. The fourth-order valence-corrected chi connectivity index (χ4v) is 6.67. The van der Waals surface area contributed by atoms with Gasteiger partial charge in [0.15, 0.2) is 0 Å². The molecule has 1 aliphatic heterocycles. The van der Waals surface area contributed by atoms with Crippen molar-refractivity contribution in [2.24, 2.45) is 10.8 Å². The van der Waals surface area contributed by atoms with Gasteiger partial charge >= 0.3 is 0 Å². The average molecular weight is 553 g/mol. The Bertz CT molecular complexity index is 1260. The standard InChI is InChI=1S/C40H56O/c1-30(19-13-20-32(3)24-25-35-33(4)23-15-26-38(35,6)7)17-11-12-18-31(2)21-14-22-34(5)36-29-37-39(8,9)27-16-28-40(37,10)41-36/h11-14,17-22,24-25,29,36H,15-16,23,26-28H2,1-10H3/b12-11+,19-13+,21-14-,25-24+,30-17+,31-18-,32-20+,34-22+. The molecule has 222 valence electrons. The molecule has 0 aromatic carbocycles. The van der Waals surface area contributed by atoms with Gasteiger partial charge in [-0.25, -0.2) is 0 Å². The van der Waals surface area contributed by atoms with Crippen molar-refractivity contribution in [3.63, 3.8) is 0 Å².